The van der Waals surface area contributed by atoms with Crippen LogP contribution in [0.15, 0.2) is 146 Å². The number of rotatable bonds is 23. The lowest BCUT2D eigenvalue weighted by atomic mass is 9.94. The number of aliphatic hydroxyl groups excluding tert-OH is 3. The number of nitrogens with one attached hydrogen (secondary N) is 1. The van der Waals surface area contributed by atoms with Crippen LogP contribution in [0.4, 0.5) is 63.2 Å². The number of β-amino-alcohol motifs (C(OH)–C–C–N with tert-alkyl or cyclic N) is 2. The second kappa shape index (κ2) is 72.4. The molecule has 0 aliphatic carbocycles. The van der Waals surface area contributed by atoms with Gasteiger partial charge in [0, 0.05) is 175 Å². The predicted octanol–water partition coefficient (Wildman–Crippen LogP) is 25.2. The molecule has 1 aliphatic heterocycles. The van der Waals surface area contributed by atoms with Gasteiger partial charge < -0.3 is 45.2 Å². The lowest BCUT2D eigenvalue weighted by Crippen LogP contribution is -2.44. The van der Waals surface area contributed by atoms with E-state index in [0.717, 1.165) is 73.0 Å². The fraction of sp³-hybridized carbons (Fsp3) is 0.455. The maximum atomic E-state index is 13.9. The summed E-state index contributed by atoms with van der Waals surface area (Å²) in [6.07, 6.45) is -2.17. The largest absolute Gasteiger partial charge is 0.643 e. The summed E-state index contributed by atoms with van der Waals surface area (Å²) in [5.74, 6) is -9.25. The number of Topliss-reactive ketones (excluding diaryl/α,β-unsaturated/α-hetero) is 1. The Hall–Kier alpha value is -5.11. The van der Waals surface area contributed by atoms with Crippen molar-refractivity contribution in [3.8, 4) is 12.1 Å². The summed E-state index contributed by atoms with van der Waals surface area (Å²) in [6.45, 7) is 44.6. The smallest absolute Gasteiger partial charge is 0.387 e. The average molecular weight is 2160 g/mol. The number of nitriles is 2. The van der Waals surface area contributed by atoms with Crippen molar-refractivity contribution in [3.05, 3.63) is 255 Å². The van der Waals surface area contributed by atoms with E-state index < -0.39 is 119 Å². The molecule has 128 heavy (non-hydrogen) atoms. The van der Waals surface area contributed by atoms with Gasteiger partial charge in [0.1, 0.15) is 69.8 Å². The molecule has 3 radical (unpaired) electrons. The van der Waals surface area contributed by atoms with E-state index in [1.165, 1.54) is 54.2 Å². The molecule has 0 spiro atoms. The molecule has 5 atom stereocenters. The molecule has 0 aromatic heterocycles. The topological polar surface area (TPSA) is 230 Å². The number of hydrogen-bond acceptors (Lipinski definition) is 15. The normalized spacial score (nSPS) is 13.0. The zero-order valence-corrected chi connectivity index (χ0v) is 85.1. The second-order valence-electron chi connectivity index (χ2n) is 30.1. The van der Waals surface area contributed by atoms with Gasteiger partial charge in [0.25, 0.3) is 11.9 Å². The molecule has 7 aromatic rings. The van der Waals surface area contributed by atoms with Crippen LogP contribution in [0.3, 0.4) is 0 Å². The number of aliphatic hydroxyl groups is 3. The lowest BCUT2D eigenvalue weighted by molar-refractivity contribution is -0.109. The minimum Gasteiger partial charge on any atom is -0.387 e. The molecule has 1 unspecified atom stereocenters. The van der Waals surface area contributed by atoms with Gasteiger partial charge in [-0.3, -0.25) is 24.2 Å². The monoisotopic (exact) mass is 2160 g/mol. The van der Waals surface area contributed by atoms with Crippen LogP contribution in [-0.2, 0) is 13.8 Å². The van der Waals surface area contributed by atoms with Crippen LogP contribution < -0.4 is 16.0 Å². The van der Waals surface area contributed by atoms with Crippen LogP contribution in [0.25, 0.3) is 4.85 Å². The van der Waals surface area contributed by atoms with Crippen LogP contribution in [0.2, 0.25) is 0 Å². The molecular weight excluding hydrogens is 2050 g/mol. The van der Waals surface area contributed by atoms with Crippen molar-refractivity contribution < 1.29 is 91.4 Å². The third-order valence-electron chi connectivity index (χ3n) is 15.5. The summed E-state index contributed by atoms with van der Waals surface area (Å²) in [5, 5.41) is 48.8. The quantitative estimate of drug-likeness (QED) is 0.00586. The van der Waals surface area contributed by atoms with Crippen molar-refractivity contribution in [3.63, 3.8) is 0 Å². The molecule has 40 heteroatoms. The Balaban J connectivity index is -0.000000442. The van der Waals surface area contributed by atoms with Crippen LogP contribution in [-0.4, -0.2) is 170 Å². The number of anilines is 1. The highest BCUT2D eigenvalue weighted by atomic mass is 127. The standard InChI is InChI=1S/C15H20F2N2O.C15H18F2N2.C12H17F2NO.C10H15N.C8H7ClF2O.C8H5ClF2O.C6H4F2.C5H10IO3P.C4H11N.C3H4BrN.C2H2Cl2O.Al.B.3ClH/c1-15(2,3)19(8-4-7-18)10-14(20)12-6-5-11(16)9-13(12)17;1-15(2,3)19-8-12(14(9-19)18-4)11-6-5-10(16)7-13(11)17;1-12(2,3)15-7-11(16)9-5-4-8(13)6-10(9)14;1-3-11(4-2)10-8-6-5-7-9-10;2*9-4-8(12)6-2-1-5(10)3-7(6)11;7-5-2-1-3-6(8)4-5;1-3-8-10(5(6)7)9-4-2;1-4(2,3)5;4-2-1-3-5;3-1-2(4)5;;;;;/h5-6,9,14,20H,4,8,10H2,1-3H3;5-7,12,14H,8-9H2,1-3H3;4-6,11,15-16H,7H2,1-3H3;5-9H,3-4H2,1-2H3;1-3,8,12H,4H2;1-3H,4H2;1-4H;3-4H2,1-2H3;5H2,1-3H3;1-2H2;1H2;;;3*1H/q;;;;;;;;;;;+3;;;;/p-3/t14-;12-,14?;11-;;8-;;;;;;;;;;;/m101.1.........../s1. The average Bonchev–Trinajstić information content (AvgIpc) is 1.65. The summed E-state index contributed by atoms with van der Waals surface area (Å²) in [5.41, 5.74) is 6.69. The number of likely N-dealkylation sites (tertiary alicyclic amines) is 1. The van der Waals surface area contributed by atoms with Crippen LogP contribution in [0.5, 0.6) is 0 Å². The van der Waals surface area contributed by atoms with Gasteiger partial charge in [-0.1, -0.05) is 64.5 Å². The zero-order valence-electron chi connectivity index (χ0n) is 74.0. The minimum absolute atomic E-state index is 0. The number of nitrogens with two attached hydrogens (primary N) is 1. The number of carbonyl (C=O) groups excluding carboxylic acids is 3. The molecule has 1 aliphatic rings. The van der Waals surface area contributed by atoms with E-state index in [2.05, 4.69) is 101 Å². The van der Waals surface area contributed by atoms with Crippen LogP contribution in [0.1, 0.15) is 180 Å². The van der Waals surface area contributed by atoms with Crippen molar-refractivity contribution in [2.45, 2.75) is 176 Å². The first-order chi connectivity index (χ1) is 59.0. The van der Waals surface area contributed by atoms with Gasteiger partial charge in [-0.05, 0) is 183 Å². The van der Waals surface area contributed by atoms with Gasteiger partial charge in [0.2, 0.25) is 11.3 Å². The number of ketones is 1. The first kappa shape index (κ1) is 131. The summed E-state index contributed by atoms with van der Waals surface area (Å²) in [6, 6.07) is 34.5. The zero-order chi connectivity index (χ0) is 98.7. The molecule has 1 fully saturated rings. The first-order valence-corrected chi connectivity index (χ1v) is 49.4. The molecule has 0 bridgehead atoms. The third-order valence-corrected chi connectivity index (χ3v) is 19.4. The summed E-state index contributed by atoms with van der Waals surface area (Å²) < 4.78 is 163. The number of alkyl halides is 4. The Kier molecular flexibility index (Phi) is 74.3. The highest BCUT2D eigenvalue weighted by Gasteiger charge is 2.43. The molecule has 6 N–H and O–H groups in total. The lowest BCUT2D eigenvalue weighted by Gasteiger charge is -2.36. The van der Waals surface area contributed by atoms with Gasteiger partial charge in [-0.2, -0.15) is 10.5 Å². The summed E-state index contributed by atoms with van der Waals surface area (Å²) in [4.78, 5) is 41.0. The highest BCUT2D eigenvalue weighted by molar-refractivity contribution is 14.1. The number of halogens is 21. The maximum Gasteiger partial charge on any atom is 0.643 e. The summed E-state index contributed by atoms with van der Waals surface area (Å²) in [7, 11) is 13.6. The molecule has 711 valence electrons. The van der Waals surface area contributed by atoms with Gasteiger partial charge in [-0.25, -0.2) is 89.4 Å². The number of benzene rings is 7. The Labute approximate surface area is 809 Å². The van der Waals surface area contributed by atoms with Crippen molar-refractivity contribution in [2.24, 2.45) is 5.73 Å². The van der Waals surface area contributed by atoms with Crippen LogP contribution in [0, 0.1) is 99.0 Å². The van der Waals surface area contributed by atoms with Crippen molar-refractivity contribution in [1.29, 1.82) is 10.5 Å². The summed E-state index contributed by atoms with van der Waals surface area (Å²) >= 11 is 23.1. The molecule has 7 aromatic carbocycles. The number of hydrogen-bond donors (Lipinski definition) is 5. The highest BCUT2D eigenvalue weighted by Crippen LogP contribution is 2.42. The Morgan fingerprint density at radius 2 is 1.00 bits per heavy atom. The predicted molar refractivity (Wildman–Crippen MR) is 511 cm³/mol. The van der Waals surface area contributed by atoms with E-state index in [9.17, 15) is 77.3 Å². The van der Waals surface area contributed by atoms with Crippen molar-refractivity contribution in [1.82, 2.24) is 15.1 Å². The maximum absolute atomic E-state index is 13.9. The third kappa shape index (κ3) is 64.7. The Bertz CT molecular complexity index is 4370. The van der Waals surface area contributed by atoms with Gasteiger partial charge in [0.05, 0.1) is 79.3 Å². The van der Waals surface area contributed by atoms with Gasteiger partial charge in [-0.15, -0.1) is 34.8 Å². The van der Waals surface area contributed by atoms with E-state index in [0.29, 0.717) is 63.4 Å². The fourth-order valence-electron chi connectivity index (χ4n) is 9.57. The Morgan fingerprint density at radius 1 is 0.609 bits per heavy atom. The van der Waals surface area contributed by atoms with E-state index in [-0.39, 0.29) is 99.0 Å². The molecule has 16 nitrogen and oxygen atoms in total. The number of nitrogens with zero attached hydrogens (tertiary/aromatic N) is 6. The van der Waals surface area contributed by atoms with Gasteiger partial charge in [0.15, 0.2) is 5.78 Å². The van der Waals surface area contributed by atoms with E-state index >= 15 is 0 Å². The van der Waals surface area contributed by atoms with E-state index in [4.69, 9.17) is 114 Å². The van der Waals surface area contributed by atoms with Crippen LogP contribution >= 0.6 is 123 Å². The van der Waals surface area contributed by atoms with E-state index in [1.54, 1.807) is 22.6 Å². The molecule has 1 saturated heterocycles. The molecule has 0 saturated carbocycles. The molecule has 1 heterocycles. The van der Waals surface area contributed by atoms with Crippen molar-refractivity contribution in [2.75, 3.05) is 86.9 Å². The fourth-order valence-corrected chi connectivity index (χ4v) is 11.6. The van der Waals surface area contributed by atoms with Gasteiger partial charge >= 0.3 is 11.4 Å². The molecular formula is C88H113AlBBrCl7F12IN8O8P. The second-order valence-corrected chi connectivity index (χ2v) is 41.8. The van der Waals surface area contributed by atoms with E-state index in [1.807, 2.05) is 93.2 Å². The Morgan fingerprint density at radius 3 is 1.30 bits per heavy atom. The number of carbonyl (C=O) groups is 3. The number of para-hydroxylation sites is 1. The van der Waals surface area contributed by atoms with Crippen molar-refractivity contribution >= 4 is 163 Å². The SMILES string of the molecule is CC(C)(C)N.CC(C)(C)N(CCC#N)C[C@@H](O)c1ccc(F)cc1F.CC(C)(C)NC[C@@H](O)c1ccc(F)cc1F.CCN(CC)c1ccccc1.CCOP(OCC)C(=O)I.Fc1cccc(F)c1.N#CCCBr.O=C(CCl)c1ccc(F)cc1F.O=C(Cl)CCl.O[C@H](CCl)c1ccc(F)cc1F.[B].[C-]#[N+]C1CN(C(C)(C)C)C[C@H]1c1ccc(F)cc1F.[Cl][Al]([Cl])[Cl]. The molecule has 0 amide bonds. The first-order valence-electron chi connectivity index (χ1n) is 38.8. The minimum atomic E-state index is -1.72. The molecule has 8 rings (SSSR count).